The Labute approximate surface area is 314 Å². The maximum absolute atomic E-state index is 13.1. The van der Waals surface area contributed by atoms with Crippen LogP contribution in [0.3, 0.4) is 0 Å². The molecule has 3 aromatic carbocycles. The van der Waals surface area contributed by atoms with Crippen molar-refractivity contribution in [3.63, 3.8) is 0 Å². The first-order chi connectivity index (χ1) is 25.7. The van der Waals surface area contributed by atoms with Crippen LogP contribution in [0.25, 0.3) is 5.57 Å². The molecule has 2 atom stereocenters. The number of aryl methyl sites for hydroxylation is 3. The topological polar surface area (TPSA) is 154 Å². The smallest absolute Gasteiger partial charge is 0.186 e. The van der Waals surface area contributed by atoms with Gasteiger partial charge in [0.2, 0.25) is 0 Å². The number of phenolic OH excluding ortho intramolecular Hbond substituents is 1. The van der Waals surface area contributed by atoms with Gasteiger partial charge in [0, 0.05) is 12.6 Å². The van der Waals surface area contributed by atoms with E-state index >= 15 is 0 Å². The Balaban J connectivity index is 1.45. The number of allylic oxidation sites excluding steroid dienone is 3. The van der Waals surface area contributed by atoms with E-state index in [0.717, 1.165) is 69.1 Å². The fraction of sp³-hybridized carbons (Fsp3) is 0.409. The van der Waals surface area contributed by atoms with Gasteiger partial charge in [-0.2, -0.15) is 0 Å². The van der Waals surface area contributed by atoms with Gasteiger partial charge in [-0.15, -0.1) is 0 Å². The third-order valence-electron chi connectivity index (χ3n) is 9.68. The molecule has 4 rings (SSSR count). The average Bonchev–Trinajstić information content (AvgIpc) is 3.15. The number of benzene rings is 3. The zero-order chi connectivity index (χ0) is 38.0. The van der Waals surface area contributed by atoms with Gasteiger partial charge in [0.1, 0.15) is 5.78 Å². The first kappa shape index (κ1) is 41.2. The molecule has 1 aliphatic heterocycles. The molecule has 3 aromatic rings. The number of hydrogen-bond acceptors (Lipinski definition) is 9. The van der Waals surface area contributed by atoms with E-state index in [1.807, 2.05) is 25.4 Å². The molecule has 53 heavy (non-hydrogen) atoms. The Hall–Kier alpha value is -4.54. The molecule has 0 saturated carbocycles. The monoisotopic (exact) mass is 723 g/mol. The summed E-state index contributed by atoms with van der Waals surface area (Å²) in [6, 6.07) is 22.2. The largest absolute Gasteiger partial charge is 0.504 e. The van der Waals surface area contributed by atoms with Crippen molar-refractivity contribution >= 4 is 17.1 Å². The predicted molar refractivity (Wildman–Crippen MR) is 211 cm³/mol. The Bertz CT molecular complexity index is 1730. The molecule has 0 aromatic heterocycles. The number of Topliss-reactive ketones (excluding diaryl/α,β-unsaturated/α-hetero) is 1. The summed E-state index contributed by atoms with van der Waals surface area (Å²) in [5.74, 6) is -0.124. The number of carbonyl (C=O) groups excluding carboxylic acids is 2. The predicted octanol–water partition coefficient (Wildman–Crippen LogP) is 6.09. The fourth-order valence-corrected chi connectivity index (χ4v) is 6.85. The summed E-state index contributed by atoms with van der Waals surface area (Å²) >= 11 is 0. The maximum atomic E-state index is 13.1. The molecule has 1 unspecified atom stereocenters. The molecule has 7 N–H and O–H groups in total. The highest BCUT2D eigenvalue weighted by atomic mass is 16.6. The van der Waals surface area contributed by atoms with Crippen molar-refractivity contribution in [3.05, 3.63) is 124 Å². The summed E-state index contributed by atoms with van der Waals surface area (Å²) in [5.41, 5.74) is 13.5. The third kappa shape index (κ3) is 13.7. The minimum atomic E-state index is -0.667. The molecule has 284 valence electrons. The highest BCUT2D eigenvalue weighted by Crippen LogP contribution is 2.36. The van der Waals surface area contributed by atoms with E-state index in [1.54, 1.807) is 0 Å². The van der Waals surface area contributed by atoms with Crippen molar-refractivity contribution in [1.29, 1.82) is 0 Å². The van der Waals surface area contributed by atoms with E-state index in [1.165, 1.54) is 34.9 Å². The zero-order valence-electron chi connectivity index (χ0n) is 31.3. The van der Waals surface area contributed by atoms with E-state index in [9.17, 15) is 24.9 Å². The number of phenols is 1. The quantitative estimate of drug-likeness (QED) is 0.0295. The number of hydrogen-bond donors (Lipinski definition) is 6. The molecule has 0 bridgehead atoms. The van der Waals surface area contributed by atoms with Gasteiger partial charge in [0.25, 0.3) is 0 Å². The number of dihydropyridines is 1. The molecule has 9 nitrogen and oxygen atoms in total. The lowest BCUT2D eigenvalue weighted by Gasteiger charge is -2.23. The number of rotatable bonds is 23. The van der Waals surface area contributed by atoms with Crippen molar-refractivity contribution in [2.24, 2.45) is 11.7 Å². The van der Waals surface area contributed by atoms with Crippen LogP contribution in [-0.2, 0) is 35.3 Å². The summed E-state index contributed by atoms with van der Waals surface area (Å²) in [7, 11) is 1.94. The second-order valence-corrected chi connectivity index (χ2v) is 14.1. The van der Waals surface area contributed by atoms with Crippen LogP contribution in [0.2, 0.25) is 0 Å². The molecular weight excluding hydrogens is 666 g/mol. The number of carbonyl (C=O) groups is 2. The summed E-state index contributed by atoms with van der Waals surface area (Å²) < 4.78 is 5.25. The molecule has 1 aliphatic rings. The average molecular weight is 724 g/mol. The lowest BCUT2D eigenvalue weighted by Crippen LogP contribution is -2.35. The number of nitrogens with two attached hydrogens (primary N) is 1. The zero-order valence-corrected chi connectivity index (χ0v) is 31.3. The summed E-state index contributed by atoms with van der Waals surface area (Å²) in [4.78, 5) is 25.8. The number of aromatic hydroxyl groups is 1. The van der Waals surface area contributed by atoms with Gasteiger partial charge >= 0.3 is 0 Å². The molecule has 1 heterocycles. The first-order valence-corrected chi connectivity index (χ1v) is 18.8. The van der Waals surface area contributed by atoms with Crippen LogP contribution in [0, 0.1) is 5.92 Å². The van der Waals surface area contributed by atoms with Gasteiger partial charge < -0.3 is 36.4 Å². The third-order valence-corrected chi connectivity index (χ3v) is 9.68. The number of aliphatic hydroxyl groups is 2. The van der Waals surface area contributed by atoms with Crippen molar-refractivity contribution in [2.45, 2.75) is 83.7 Å². The molecular formula is C44H57N3O6. The van der Waals surface area contributed by atoms with Crippen molar-refractivity contribution in [2.75, 3.05) is 27.0 Å². The van der Waals surface area contributed by atoms with Gasteiger partial charge in [-0.25, -0.2) is 0 Å². The Morgan fingerprint density at radius 2 is 1.64 bits per heavy atom. The van der Waals surface area contributed by atoms with Crippen molar-refractivity contribution in [3.8, 4) is 11.5 Å². The Morgan fingerprint density at radius 3 is 2.36 bits per heavy atom. The van der Waals surface area contributed by atoms with Crippen LogP contribution in [0.15, 0.2) is 96.2 Å². The lowest BCUT2D eigenvalue weighted by atomic mass is 9.88. The summed E-state index contributed by atoms with van der Waals surface area (Å²) in [6.45, 7) is 2.02. The van der Waals surface area contributed by atoms with Gasteiger partial charge in [-0.3, -0.25) is 9.59 Å². The van der Waals surface area contributed by atoms with Gasteiger partial charge in [0.05, 0.1) is 19.2 Å². The number of unbranched alkanes of at least 4 members (excludes halogenated alkanes) is 2. The lowest BCUT2D eigenvalue weighted by molar-refractivity contribution is -0.124. The maximum Gasteiger partial charge on any atom is 0.186 e. The Morgan fingerprint density at radius 1 is 0.925 bits per heavy atom. The van der Waals surface area contributed by atoms with Crippen LogP contribution in [0.1, 0.15) is 79.7 Å². The standard InChI is InChI=1S/C44H57N3O6/c1-31(27-46-2)10-5-3-8-15-39(50)25-40(51)22-38(29-48)41-26-43(53-30-49)42(52)23-36(41)21-37-28-47-44(45)24-35(37)19-18-34-14-9-13-33(20-34)17-16-32-11-6-4-7-12-32/h4,6-7,9,11-14,20,22-24,26,28,31,44,46-49,52H,3,5,8,10,15-19,21,25,27,29-30,45H2,1-2H3/b38-22+/t31-,44?/m1/s1. The molecule has 0 spiro atoms. The van der Waals surface area contributed by atoms with Crippen LogP contribution < -0.4 is 21.1 Å². The van der Waals surface area contributed by atoms with Crippen LogP contribution in [0.4, 0.5) is 0 Å². The van der Waals surface area contributed by atoms with Gasteiger partial charge in [0.15, 0.2) is 24.1 Å². The SMILES string of the molecule is CNC[C@H](C)CCCCCC(=O)CC(=O)/C=C(\CO)c1cc(OCO)c(O)cc1CC1=CNC(N)C=C1CCc1cccc(CCc2ccccc2)c1. The van der Waals surface area contributed by atoms with E-state index in [2.05, 4.69) is 66.1 Å². The van der Waals surface area contributed by atoms with Gasteiger partial charge in [-0.1, -0.05) is 74.4 Å². The highest BCUT2D eigenvalue weighted by Gasteiger charge is 2.20. The number of aliphatic hydroxyl groups excluding tert-OH is 2. The first-order valence-electron chi connectivity index (χ1n) is 18.8. The minimum Gasteiger partial charge on any atom is -0.504 e. The number of nitrogens with one attached hydrogen (secondary N) is 2. The molecule has 0 saturated heterocycles. The Kier molecular flexibility index (Phi) is 17.0. The fourth-order valence-electron chi connectivity index (χ4n) is 6.85. The number of ether oxygens (including phenoxy) is 1. The van der Waals surface area contributed by atoms with Crippen molar-refractivity contribution in [1.82, 2.24) is 10.6 Å². The molecule has 0 amide bonds. The highest BCUT2D eigenvalue weighted by molar-refractivity contribution is 6.07. The van der Waals surface area contributed by atoms with Crippen molar-refractivity contribution < 1.29 is 29.6 Å². The molecule has 0 aliphatic carbocycles. The molecule has 0 radical (unpaired) electrons. The van der Waals surface area contributed by atoms with Gasteiger partial charge in [-0.05, 0) is 133 Å². The minimum absolute atomic E-state index is 0.0128. The van der Waals surface area contributed by atoms with Crippen LogP contribution >= 0.6 is 0 Å². The molecule has 0 fully saturated rings. The van der Waals surface area contributed by atoms with E-state index in [-0.39, 0.29) is 35.4 Å². The normalized spacial score (nSPS) is 15.0. The summed E-state index contributed by atoms with van der Waals surface area (Å²) in [6.07, 6.45) is 12.5. The second-order valence-electron chi connectivity index (χ2n) is 14.1. The second kappa shape index (κ2) is 21.9. The van der Waals surface area contributed by atoms with Crippen LogP contribution in [0.5, 0.6) is 11.5 Å². The van der Waals surface area contributed by atoms with E-state index in [4.69, 9.17) is 10.5 Å². The van der Waals surface area contributed by atoms with E-state index in [0.29, 0.717) is 29.9 Å². The summed E-state index contributed by atoms with van der Waals surface area (Å²) in [5, 5.41) is 37.1. The van der Waals surface area contributed by atoms with Crippen LogP contribution in [-0.4, -0.2) is 60.0 Å². The van der Waals surface area contributed by atoms with E-state index < -0.39 is 19.2 Å². The molecule has 9 heteroatoms. The number of ketones is 2.